The molecule has 0 radical (unpaired) electrons. The average Bonchev–Trinajstić information content (AvgIpc) is 3.14. The molecule has 8 nitrogen and oxygen atoms in total. The molecular weight excluding hydrogens is 425 g/mol. The van der Waals surface area contributed by atoms with Gasteiger partial charge in [0.1, 0.15) is 5.82 Å². The van der Waals surface area contributed by atoms with Crippen molar-refractivity contribution in [2.24, 2.45) is 0 Å². The molecule has 0 aliphatic heterocycles. The molecule has 33 heavy (non-hydrogen) atoms. The first-order valence-corrected chi connectivity index (χ1v) is 10.2. The van der Waals surface area contributed by atoms with Crippen LogP contribution in [-0.4, -0.2) is 40.7 Å². The number of methoxy groups -OCH3 is 1. The Kier molecular flexibility index (Phi) is 6.03. The van der Waals surface area contributed by atoms with Gasteiger partial charge in [0.15, 0.2) is 5.69 Å². The second-order valence-electron chi connectivity index (χ2n) is 7.36. The number of hydrogen-bond donors (Lipinski definition) is 2. The van der Waals surface area contributed by atoms with Crippen LogP contribution < -0.4 is 15.4 Å². The Labute approximate surface area is 189 Å². The second kappa shape index (κ2) is 9.07. The SMILES string of the molecule is CNC(=O)c1nn(Cc2ccc(F)cc2)c(C)c1NC(=O)c1cc(OC)nc2ccccc12. The molecule has 2 N–H and O–H groups in total. The number of aromatic nitrogens is 3. The molecule has 0 bridgehead atoms. The monoisotopic (exact) mass is 447 g/mol. The Bertz CT molecular complexity index is 1350. The van der Waals surface area contributed by atoms with Gasteiger partial charge < -0.3 is 15.4 Å². The Balaban J connectivity index is 1.73. The minimum Gasteiger partial charge on any atom is -0.481 e. The zero-order valence-corrected chi connectivity index (χ0v) is 18.3. The van der Waals surface area contributed by atoms with Crippen molar-refractivity contribution in [1.82, 2.24) is 20.1 Å². The number of nitrogens with zero attached hydrogens (tertiary/aromatic N) is 3. The average molecular weight is 447 g/mol. The zero-order valence-electron chi connectivity index (χ0n) is 18.3. The van der Waals surface area contributed by atoms with Gasteiger partial charge in [0.05, 0.1) is 36.1 Å². The summed E-state index contributed by atoms with van der Waals surface area (Å²) in [6.45, 7) is 2.06. The van der Waals surface area contributed by atoms with Gasteiger partial charge in [-0.2, -0.15) is 5.10 Å². The summed E-state index contributed by atoms with van der Waals surface area (Å²) in [5, 5.41) is 10.4. The molecule has 2 amide bonds. The van der Waals surface area contributed by atoms with Crippen LogP contribution in [-0.2, 0) is 6.54 Å². The first-order valence-electron chi connectivity index (χ1n) is 10.2. The lowest BCUT2D eigenvalue weighted by Gasteiger charge is -2.11. The molecule has 0 unspecified atom stereocenters. The van der Waals surface area contributed by atoms with Crippen molar-refractivity contribution in [2.75, 3.05) is 19.5 Å². The van der Waals surface area contributed by atoms with Crippen LogP contribution >= 0.6 is 0 Å². The van der Waals surface area contributed by atoms with E-state index in [0.29, 0.717) is 40.3 Å². The number of halogens is 1. The van der Waals surface area contributed by atoms with Gasteiger partial charge in [-0.05, 0) is 30.7 Å². The van der Waals surface area contributed by atoms with Crippen molar-refractivity contribution in [1.29, 1.82) is 0 Å². The number of anilines is 1. The number of ether oxygens (including phenoxy) is 1. The van der Waals surface area contributed by atoms with Crippen LogP contribution in [0.2, 0.25) is 0 Å². The van der Waals surface area contributed by atoms with Crippen LogP contribution in [0.25, 0.3) is 10.9 Å². The third-order valence-electron chi connectivity index (χ3n) is 5.28. The molecule has 4 rings (SSSR count). The van der Waals surface area contributed by atoms with E-state index in [1.807, 2.05) is 12.1 Å². The number of amides is 2. The van der Waals surface area contributed by atoms with E-state index in [9.17, 15) is 14.0 Å². The van der Waals surface area contributed by atoms with E-state index in [-0.39, 0.29) is 11.5 Å². The van der Waals surface area contributed by atoms with E-state index in [0.717, 1.165) is 5.56 Å². The molecule has 0 saturated heterocycles. The molecule has 0 spiro atoms. The second-order valence-corrected chi connectivity index (χ2v) is 7.36. The van der Waals surface area contributed by atoms with Crippen LogP contribution in [0, 0.1) is 12.7 Å². The fourth-order valence-corrected chi connectivity index (χ4v) is 3.51. The molecule has 168 valence electrons. The lowest BCUT2D eigenvalue weighted by Crippen LogP contribution is -2.22. The first-order chi connectivity index (χ1) is 15.9. The van der Waals surface area contributed by atoms with Gasteiger partial charge >= 0.3 is 0 Å². The summed E-state index contributed by atoms with van der Waals surface area (Å²) in [6.07, 6.45) is 0. The molecule has 0 atom stereocenters. The molecule has 0 aliphatic rings. The molecule has 0 saturated carbocycles. The number of carbonyl (C=O) groups excluding carboxylic acids is 2. The molecule has 9 heteroatoms. The maximum absolute atomic E-state index is 13.3. The molecule has 2 aromatic heterocycles. The zero-order chi connectivity index (χ0) is 23.5. The number of fused-ring (bicyclic) bond motifs is 1. The number of carbonyl (C=O) groups is 2. The summed E-state index contributed by atoms with van der Waals surface area (Å²) in [7, 11) is 2.97. The number of pyridine rings is 1. The minimum absolute atomic E-state index is 0.0794. The number of nitrogens with one attached hydrogen (secondary N) is 2. The topological polar surface area (TPSA) is 98.1 Å². The predicted octanol–water partition coefficient (Wildman–Crippen LogP) is 3.55. The maximum atomic E-state index is 13.3. The van der Waals surface area contributed by atoms with Gasteiger partial charge in [-0.1, -0.05) is 30.3 Å². The summed E-state index contributed by atoms with van der Waals surface area (Å²) in [5.41, 5.74) is 2.71. The van der Waals surface area contributed by atoms with E-state index < -0.39 is 11.8 Å². The summed E-state index contributed by atoms with van der Waals surface area (Å²) in [4.78, 5) is 30.2. The van der Waals surface area contributed by atoms with E-state index in [1.54, 1.807) is 41.9 Å². The highest BCUT2D eigenvalue weighted by Crippen LogP contribution is 2.26. The highest BCUT2D eigenvalue weighted by atomic mass is 19.1. The number of hydrogen-bond acceptors (Lipinski definition) is 5. The fourth-order valence-electron chi connectivity index (χ4n) is 3.51. The van der Waals surface area contributed by atoms with E-state index in [4.69, 9.17) is 4.74 Å². The van der Waals surface area contributed by atoms with Gasteiger partial charge in [-0.3, -0.25) is 14.3 Å². The van der Waals surface area contributed by atoms with Crippen LogP contribution in [0.3, 0.4) is 0 Å². The highest BCUT2D eigenvalue weighted by Gasteiger charge is 2.23. The maximum Gasteiger partial charge on any atom is 0.273 e. The van der Waals surface area contributed by atoms with E-state index in [1.165, 1.54) is 26.3 Å². The van der Waals surface area contributed by atoms with Crippen molar-refractivity contribution in [3.05, 3.63) is 82.9 Å². The summed E-state index contributed by atoms with van der Waals surface area (Å²) < 4.78 is 20.1. The molecule has 4 aromatic rings. The number of rotatable bonds is 6. The lowest BCUT2D eigenvalue weighted by atomic mass is 10.1. The summed E-state index contributed by atoms with van der Waals surface area (Å²) in [5.74, 6) is -0.908. The summed E-state index contributed by atoms with van der Waals surface area (Å²) >= 11 is 0. The fraction of sp³-hybridized carbons (Fsp3) is 0.167. The Morgan fingerprint density at radius 1 is 1.09 bits per heavy atom. The normalized spacial score (nSPS) is 10.8. The van der Waals surface area contributed by atoms with Gasteiger partial charge in [-0.15, -0.1) is 0 Å². The molecule has 2 heterocycles. The van der Waals surface area contributed by atoms with E-state index in [2.05, 4.69) is 20.7 Å². The standard InChI is InChI=1S/C24H22FN5O3/c1-14-21(22(24(32)26-2)29-30(14)13-15-8-10-16(25)11-9-15)28-23(31)18-12-20(33-3)27-19-7-5-4-6-17(18)19/h4-12H,13H2,1-3H3,(H,26,32)(H,28,31). The Morgan fingerprint density at radius 2 is 1.82 bits per heavy atom. The molecule has 2 aromatic carbocycles. The Hall–Kier alpha value is -4.27. The third-order valence-corrected chi connectivity index (χ3v) is 5.28. The van der Waals surface area contributed by atoms with Crippen LogP contribution in [0.1, 0.15) is 32.1 Å². The third kappa shape index (κ3) is 4.38. The van der Waals surface area contributed by atoms with Crippen LogP contribution in [0.4, 0.5) is 10.1 Å². The van der Waals surface area contributed by atoms with Crippen molar-refractivity contribution in [3.8, 4) is 5.88 Å². The van der Waals surface area contributed by atoms with Crippen molar-refractivity contribution < 1.29 is 18.7 Å². The Morgan fingerprint density at radius 3 is 2.52 bits per heavy atom. The largest absolute Gasteiger partial charge is 0.481 e. The molecule has 0 aliphatic carbocycles. The minimum atomic E-state index is -0.441. The van der Waals surface area contributed by atoms with Gasteiger partial charge in [0.2, 0.25) is 5.88 Å². The quantitative estimate of drug-likeness (QED) is 0.471. The molecule has 0 fully saturated rings. The molecular formula is C24H22FN5O3. The number of para-hydroxylation sites is 1. The van der Waals surface area contributed by atoms with Gasteiger partial charge in [0.25, 0.3) is 11.8 Å². The van der Waals surface area contributed by atoms with E-state index >= 15 is 0 Å². The van der Waals surface area contributed by atoms with Crippen LogP contribution in [0.5, 0.6) is 5.88 Å². The smallest absolute Gasteiger partial charge is 0.273 e. The van der Waals surface area contributed by atoms with Crippen molar-refractivity contribution in [2.45, 2.75) is 13.5 Å². The van der Waals surface area contributed by atoms with Crippen LogP contribution in [0.15, 0.2) is 54.6 Å². The van der Waals surface area contributed by atoms with Crippen molar-refractivity contribution >= 4 is 28.4 Å². The predicted molar refractivity (Wildman–Crippen MR) is 122 cm³/mol. The number of benzene rings is 2. The highest BCUT2D eigenvalue weighted by molar-refractivity contribution is 6.14. The van der Waals surface area contributed by atoms with Crippen molar-refractivity contribution in [3.63, 3.8) is 0 Å². The summed E-state index contributed by atoms with van der Waals surface area (Å²) in [6, 6.07) is 14.8. The van der Waals surface area contributed by atoms with Gasteiger partial charge in [0, 0.05) is 18.5 Å². The van der Waals surface area contributed by atoms with Gasteiger partial charge in [-0.25, -0.2) is 9.37 Å². The lowest BCUT2D eigenvalue weighted by molar-refractivity contribution is 0.0958. The first kappa shape index (κ1) is 21.9.